The van der Waals surface area contributed by atoms with Gasteiger partial charge in [0.1, 0.15) is 5.75 Å². The lowest BCUT2D eigenvalue weighted by Crippen LogP contribution is -2.14. The minimum atomic E-state index is -0.549. The lowest BCUT2D eigenvalue weighted by molar-refractivity contribution is -0.385. The van der Waals surface area contributed by atoms with Crippen molar-refractivity contribution in [1.82, 2.24) is 0 Å². The zero-order valence-corrected chi connectivity index (χ0v) is 12.1. The van der Waals surface area contributed by atoms with Gasteiger partial charge in [-0.2, -0.15) is 0 Å². The molecule has 2 rings (SSSR count). The van der Waals surface area contributed by atoms with Gasteiger partial charge in [0.2, 0.25) is 5.75 Å². The molecular weight excluding hydrogens is 342 g/mol. The van der Waals surface area contributed by atoms with Gasteiger partial charge in [0.05, 0.1) is 15.0 Å². The molecule has 108 valence electrons. The number of hydrogen-bond donors (Lipinski definition) is 2. The first kappa shape index (κ1) is 14.8. The van der Waals surface area contributed by atoms with Gasteiger partial charge in [0, 0.05) is 6.07 Å². The number of nitro groups is 1. The monoisotopic (exact) mass is 351 g/mol. The lowest BCUT2D eigenvalue weighted by Gasteiger charge is -2.11. The van der Waals surface area contributed by atoms with E-state index >= 15 is 0 Å². The average Bonchev–Trinajstić information content (AvgIpc) is 2.48. The first-order chi connectivity index (χ1) is 10.0. The molecular formula is C13H10BrN3O4. The quantitative estimate of drug-likeness (QED) is 0.288. The summed E-state index contributed by atoms with van der Waals surface area (Å²) in [6.45, 7) is 0. The van der Waals surface area contributed by atoms with Gasteiger partial charge in [-0.3, -0.25) is 10.1 Å². The molecule has 3 N–H and O–H groups in total. The molecule has 8 heteroatoms. The Hall–Kier alpha value is -2.61. The molecule has 0 bridgehead atoms. The van der Waals surface area contributed by atoms with Crippen molar-refractivity contribution in [3.05, 3.63) is 62.6 Å². The Labute approximate surface area is 127 Å². The Balaban J connectivity index is 2.52. The molecule has 0 amide bonds. The standard InChI is InChI=1S/C13H10BrN3O4/c14-9-5-3-6-10(17(19)20)12(9)21-11-7-2-1-4-8(11)13(15)16-18/h1-7,18H,(H2,15,16). The SMILES string of the molecule is N/C(=N/O)c1ccccc1Oc1c(Br)cccc1[N+](=O)[O-]. The van der Waals surface area contributed by atoms with Crippen LogP contribution in [0.15, 0.2) is 52.1 Å². The molecule has 0 saturated heterocycles. The molecule has 2 aromatic carbocycles. The van der Waals surface area contributed by atoms with Crippen LogP contribution in [0.25, 0.3) is 0 Å². The van der Waals surface area contributed by atoms with E-state index in [0.717, 1.165) is 0 Å². The first-order valence-electron chi connectivity index (χ1n) is 5.72. The molecule has 0 aliphatic carbocycles. The second-order valence-electron chi connectivity index (χ2n) is 3.93. The maximum absolute atomic E-state index is 11.1. The highest BCUT2D eigenvalue weighted by Gasteiger charge is 2.20. The summed E-state index contributed by atoms with van der Waals surface area (Å²) in [7, 11) is 0. The summed E-state index contributed by atoms with van der Waals surface area (Å²) in [5, 5.41) is 22.7. The number of oxime groups is 1. The number of amidine groups is 1. The molecule has 0 atom stereocenters. The van der Waals surface area contributed by atoms with Crippen LogP contribution in [-0.4, -0.2) is 16.0 Å². The van der Waals surface area contributed by atoms with Crippen LogP contribution in [0.2, 0.25) is 0 Å². The van der Waals surface area contributed by atoms with Gasteiger partial charge in [0.25, 0.3) is 0 Å². The van der Waals surface area contributed by atoms with Gasteiger partial charge in [-0.25, -0.2) is 0 Å². The van der Waals surface area contributed by atoms with E-state index in [1.54, 1.807) is 30.3 Å². The van der Waals surface area contributed by atoms with Crippen LogP contribution >= 0.6 is 15.9 Å². The second-order valence-corrected chi connectivity index (χ2v) is 4.78. The number of nitrogens with zero attached hydrogens (tertiary/aromatic N) is 2. The highest BCUT2D eigenvalue weighted by molar-refractivity contribution is 9.10. The average molecular weight is 352 g/mol. The van der Waals surface area contributed by atoms with Gasteiger partial charge < -0.3 is 15.7 Å². The van der Waals surface area contributed by atoms with Gasteiger partial charge in [-0.15, -0.1) is 0 Å². The fraction of sp³-hybridized carbons (Fsp3) is 0. The maximum atomic E-state index is 11.1. The number of benzene rings is 2. The van der Waals surface area contributed by atoms with Crippen molar-refractivity contribution >= 4 is 27.5 Å². The number of ether oxygens (including phenoxy) is 1. The zero-order chi connectivity index (χ0) is 15.4. The predicted octanol–water partition coefficient (Wildman–Crippen LogP) is 3.24. The van der Waals surface area contributed by atoms with E-state index in [0.29, 0.717) is 10.0 Å². The fourth-order valence-corrected chi connectivity index (χ4v) is 2.11. The Morgan fingerprint density at radius 2 is 2.00 bits per heavy atom. The summed E-state index contributed by atoms with van der Waals surface area (Å²) in [5.41, 5.74) is 5.69. The highest BCUT2D eigenvalue weighted by atomic mass is 79.9. The van der Waals surface area contributed by atoms with Crippen molar-refractivity contribution in [3.63, 3.8) is 0 Å². The van der Waals surface area contributed by atoms with Gasteiger partial charge in [-0.05, 0) is 34.1 Å². The number of hydrogen-bond acceptors (Lipinski definition) is 5. The van der Waals surface area contributed by atoms with Crippen LogP contribution < -0.4 is 10.5 Å². The van der Waals surface area contributed by atoms with Crippen LogP contribution in [0.1, 0.15) is 5.56 Å². The Kier molecular flexibility index (Phi) is 4.39. The molecule has 0 aliphatic rings. The maximum Gasteiger partial charge on any atom is 0.312 e. The molecule has 0 spiro atoms. The molecule has 0 fully saturated rings. The van der Waals surface area contributed by atoms with Crippen LogP contribution in [-0.2, 0) is 0 Å². The van der Waals surface area contributed by atoms with E-state index in [1.807, 2.05) is 0 Å². The Morgan fingerprint density at radius 1 is 1.29 bits per heavy atom. The predicted molar refractivity (Wildman–Crippen MR) is 79.8 cm³/mol. The first-order valence-corrected chi connectivity index (χ1v) is 6.51. The zero-order valence-electron chi connectivity index (χ0n) is 10.6. The third-order valence-corrected chi connectivity index (χ3v) is 3.25. The summed E-state index contributed by atoms with van der Waals surface area (Å²) in [6.07, 6.45) is 0. The smallest absolute Gasteiger partial charge is 0.312 e. The molecule has 0 unspecified atom stereocenters. The summed E-state index contributed by atoms with van der Waals surface area (Å²) >= 11 is 3.21. The van der Waals surface area contributed by atoms with Gasteiger partial charge >= 0.3 is 5.69 Å². The van der Waals surface area contributed by atoms with Crippen LogP contribution in [0.5, 0.6) is 11.5 Å². The lowest BCUT2D eigenvalue weighted by atomic mass is 10.2. The summed E-state index contributed by atoms with van der Waals surface area (Å²) in [5.74, 6) is 0.129. The van der Waals surface area contributed by atoms with Crippen molar-refractivity contribution in [1.29, 1.82) is 0 Å². The highest BCUT2D eigenvalue weighted by Crippen LogP contribution is 2.38. The number of para-hydroxylation sites is 2. The summed E-state index contributed by atoms with van der Waals surface area (Å²) in [6, 6.07) is 11.0. The van der Waals surface area contributed by atoms with Crippen molar-refractivity contribution in [2.45, 2.75) is 0 Å². The van der Waals surface area contributed by atoms with Crippen LogP contribution in [0, 0.1) is 10.1 Å². The summed E-state index contributed by atoms with van der Waals surface area (Å²) in [4.78, 5) is 10.5. The minimum absolute atomic E-state index is 0.0423. The number of nitrogens with two attached hydrogens (primary N) is 1. The molecule has 7 nitrogen and oxygen atoms in total. The fourth-order valence-electron chi connectivity index (χ4n) is 1.67. The molecule has 0 aliphatic heterocycles. The van der Waals surface area contributed by atoms with Gasteiger partial charge in [-0.1, -0.05) is 23.4 Å². The van der Waals surface area contributed by atoms with E-state index in [4.69, 9.17) is 15.7 Å². The van der Waals surface area contributed by atoms with E-state index in [-0.39, 0.29) is 23.0 Å². The van der Waals surface area contributed by atoms with Crippen LogP contribution in [0.3, 0.4) is 0 Å². The normalized spacial score (nSPS) is 11.2. The largest absolute Gasteiger partial charge is 0.448 e. The molecule has 0 radical (unpaired) electrons. The van der Waals surface area contributed by atoms with E-state index < -0.39 is 4.92 Å². The van der Waals surface area contributed by atoms with Crippen molar-refractivity contribution in [2.24, 2.45) is 10.9 Å². The third kappa shape index (κ3) is 3.11. The number of halogens is 1. The third-order valence-electron chi connectivity index (χ3n) is 2.63. The van der Waals surface area contributed by atoms with Crippen LogP contribution in [0.4, 0.5) is 5.69 Å². The summed E-state index contributed by atoms with van der Waals surface area (Å²) < 4.78 is 6.02. The Bertz CT molecular complexity index is 718. The van der Waals surface area contributed by atoms with E-state index in [9.17, 15) is 10.1 Å². The molecule has 0 saturated carbocycles. The molecule has 0 aromatic heterocycles. The van der Waals surface area contributed by atoms with Gasteiger partial charge in [0.15, 0.2) is 5.84 Å². The molecule has 21 heavy (non-hydrogen) atoms. The molecule has 2 aromatic rings. The second kappa shape index (κ2) is 6.23. The molecule has 0 heterocycles. The Morgan fingerprint density at radius 3 is 2.67 bits per heavy atom. The topological polar surface area (TPSA) is 111 Å². The van der Waals surface area contributed by atoms with Crippen molar-refractivity contribution in [3.8, 4) is 11.5 Å². The number of nitro benzene ring substituents is 1. The van der Waals surface area contributed by atoms with E-state index in [2.05, 4.69) is 21.1 Å². The number of rotatable bonds is 4. The van der Waals surface area contributed by atoms with Crippen molar-refractivity contribution < 1.29 is 14.9 Å². The van der Waals surface area contributed by atoms with Crippen molar-refractivity contribution in [2.75, 3.05) is 0 Å². The minimum Gasteiger partial charge on any atom is -0.448 e. The van der Waals surface area contributed by atoms with E-state index in [1.165, 1.54) is 12.1 Å².